The Bertz CT molecular complexity index is 581. The Morgan fingerprint density at radius 3 is 2.57 bits per heavy atom. The summed E-state index contributed by atoms with van der Waals surface area (Å²) in [6.45, 7) is 0.625. The molecule has 0 radical (unpaired) electrons. The smallest absolute Gasteiger partial charge is 0.246 e. The van der Waals surface area contributed by atoms with Crippen LogP contribution in [0.2, 0.25) is 0 Å². The number of ether oxygens (including phenoxy) is 1. The Morgan fingerprint density at radius 1 is 1.33 bits per heavy atom. The number of benzene rings is 1. The zero-order chi connectivity index (χ0) is 15.5. The lowest BCUT2D eigenvalue weighted by Crippen LogP contribution is -2.35. The van der Waals surface area contributed by atoms with Gasteiger partial charge in [0.05, 0.1) is 7.11 Å². The SMILES string of the molecule is CNCc1ccc(OC)c(S(=O)(=O)N(C)C2CCCC2)c1. The van der Waals surface area contributed by atoms with E-state index in [1.165, 1.54) is 11.4 Å². The molecule has 0 atom stereocenters. The quantitative estimate of drug-likeness (QED) is 0.872. The van der Waals surface area contributed by atoms with E-state index in [2.05, 4.69) is 5.32 Å². The maximum absolute atomic E-state index is 12.9. The molecule has 1 aliphatic rings. The van der Waals surface area contributed by atoms with Crippen molar-refractivity contribution in [2.75, 3.05) is 21.2 Å². The van der Waals surface area contributed by atoms with E-state index < -0.39 is 10.0 Å². The molecular weight excluding hydrogens is 288 g/mol. The number of nitrogens with one attached hydrogen (secondary N) is 1. The van der Waals surface area contributed by atoms with Crippen LogP contribution in [-0.4, -0.2) is 40.0 Å². The lowest BCUT2D eigenvalue weighted by molar-refractivity contribution is 0.365. The predicted molar refractivity (Wildman–Crippen MR) is 83.0 cm³/mol. The lowest BCUT2D eigenvalue weighted by atomic mass is 10.2. The van der Waals surface area contributed by atoms with Gasteiger partial charge in [-0.25, -0.2) is 8.42 Å². The van der Waals surface area contributed by atoms with Gasteiger partial charge in [0.2, 0.25) is 10.0 Å². The van der Waals surface area contributed by atoms with Crippen LogP contribution >= 0.6 is 0 Å². The third-order valence-electron chi connectivity index (χ3n) is 4.10. The van der Waals surface area contributed by atoms with Gasteiger partial charge >= 0.3 is 0 Å². The fourth-order valence-electron chi connectivity index (χ4n) is 2.86. The van der Waals surface area contributed by atoms with Crippen molar-refractivity contribution in [3.63, 3.8) is 0 Å². The third kappa shape index (κ3) is 3.39. The maximum atomic E-state index is 12.9. The molecule has 6 heteroatoms. The zero-order valence-corrected chi connectivity index (χ0v) is 13.7. The van der Waals surface area contributed by atoms with Crippen molar-refractivity contribution in [2.45, 2.75) is 43.2 Å². The lowest BCUT2D eigenvalue weighted by Gasteiger charge is -2.24. The number of nitrogens with zero attached hydrogens (tertiary/aromatic N) is 1. The van der Waals surface area contributed by atoms with Gasteiger partial charge in [-0.15, -0.1) is 0 Å². The number of methoxy groups -OCH3 is 1. The summed E-state index contributed by atoms with van der Waals surface area (Å²) in [4.78, 5) is 0.257. The fraction of sp³-hybridized carbons (Fsp3) is 0.600. The summed E-state index contributed by atoms with van der Waals surface area (Å²) in [7, 11) is 1.49. The molecule has 1 aromatic rings. The van der Waals surface area contributed by atoms with Gasteiger partial charge in [-0.2, -0.15) is 4.31 Å². The van der Waals surface area contributed by atoms with Gasteiger partial charge in [-0.1, -0.05) is 18.9 Å². The molecule has 0 aliphatic heterocycles. The van der Waals surface area contributed by atoms with Gasteiger partial charge in [0, 0.05) is 19.6 Å². The highest BCUT2D eigenvalue weighted by molar-refractivity contribution is 7.89. The van der Waals surface area contributed by atoms with Gasteiger partial charge < -0.3 is 10.1 Å². The van der Waals surface area contributed by atoms with E-state index in [0.717, 1.165) is 31.2 Å². The van der Waals surface area contributed by atoms with Crippen LogP contribution in [0, 0.1) is 0 Å². The van der Waals surface area contributed by atoms with E-state index in [4.69, 9.17) is 4.74 Å². The molecule has 0 spiro atoms. The van der Waals surface area contributed by atoms with E-state index in [1.54, 1.807) is 19.2 Å². The molecule has 0 amide bonds. The summed E-state index contributed by atoms with van der Waals surface area (Å²) in [6.07, 6.45) is 4.07. The molecule has 0 bridgehead atoms. The molecule has 1 aromatic carbocycles. The second-order valence-electron chi connectivity index (χ2n) is 5.48. The first-order valence-corrected chi connectivity index (χ1v) is 8.74. The Balaban J connectivity index is 2.39. The highest BCUT2D eigenvalue weighted by atomic mass is 32.2. The first kappa shape index (κ1) is 16.3. The third-order valence-corrected chi connectivity index (χ3v) is 6.04. The van der Waals surface area contributed by atoms with E-state index in [-0.39, 0.29) is 10.9 Å². The molecule has 0 heterocycles. The minimum absolute atomic E-state index is 0.104. The molecular formula is C15H24N2O3S. The Hall–Kier alpha value is -1.11. The molecule has 5 nitrogen and oxygen atoms in total. The van der Waals surface area contributed by atoms with Crippen LogP contribution in [0.4, 0.5) is 0 Å². The van der Waals surface area contributed by atoms with Crippen LogP contribution in [0.5, 0.6) is 5.75 Å². The van der Waals surface area contributed by atoms with Crippen molar-refractivity contribution < 1.29 is 13.2 Å². The maximum Gasteiger partial charge on any atom is 0.246 e. The Kier molecular flexibility index (Phi) is 5.24. The Labute approximate surface area is 127 Å². The van der Waals surface area contributed by atoms with Gasteiger partial charge in [0.25, 0.3) is 0 Å². The minimum Gasteiger partial charge on any atom is -0.495 e. The molecule has 1 fully saturated rings. The predicted octanol–water partition coefficient (Wildman–Crippen LogP) is 1.98. The fourth-order valence-corrected chi connectivity index (χ4v) is 4.48. The first-order valence-electron chi connectivity index (χ1n) is 7.30. The van der Waals surface area contributed by atoms with Gasteiger partial charge in [-0.3, -0.25) is 0 Å². The minimum atomic E-state index is -3.53. The summed E-state index contributed by atoms with van der Waals surface area (Å²) < 4.78 is 32.5. The van der Waals surface area contributed by atoms with Crippen LogP contribution in [-0.2, 0) is 16.6 Å². The summed E-state index contributed by atoms with van der Waals surface area (Å²) in [6, 6.07) is 5.41. The van der Waals surface area contributed by atoms with Gasteiger partial charge in [0.1, 0.15) is 10.6 Å². The molecule has 0 saturated heterocycles. The number of sulfonamides is 1. The van der Waals surface area contributed by atoms with E-state index >= 15 is 0 Å². The van der Waals surface area contributed by atoms with E-state index in [9.17, 15) is 8.42 Å². The largest absolute Gasteiger partial charge is 0.495 e. The summed E-state index contributed by atoms with van der Waals surface area (Å²) >= 11 is 0. The first-order chi connectivity index (χ1) is 10.0. The molecule has 1 N–H and O–H groups in total. The standard InChI is InChI=1S/C15H24N2O3S/c1-16-11-12-8-9-14(20-3)15(10-12)21(18,19)17(2)13-6-4-5-7-13/h8-10,13,16H,4-7,11H2,1-3H3. The van der Waals surface area contributed by atoms with Gasteiger partial charge in [-0.05, 0) is 37.6 Å². The molecule has 118 valence electrons. The van der Waals surface area contributed by atoms with Gasteiger partial charge in [0.15, 0.2) is 0 Å². The highest BCUT2D eigenvalue weighted by Crippen LogP contribution is 2.32. The summed E-state index contributed by atoms with van der Waals surface area (Å²) in [5.41, 5.74) is 0.927. The summed E-state index contributed by atoms with van der Waals surface area (Å²) in [5.74, 6) is 0.403. The average Bonchev–Trinajstić information content (AvgIpc) is 3.00. The van der Waals surface area contributed by atoms with Crippen molar-refractivity contribution in [1.29, 1.82) is 0 Å². The monoisotopic (exact) mass is 312 g/mol. The van der Waals surface area contributed by atoms with Crippen molar-refractivity contribution >= 4 is 10.0 Å². The van der Waals surface area contributed by atoms with Crippen molar-refractivity contribution in [3.8, 4) is 5.75 Å². The van der Waals surface area contributed by atoms with E-state index in [1.807, 2.05) is 13.1 Å². The molecule has 0 unspecified atom stereocenters. The van der Waals surface area contributed by atoms with E-state index in [0.29, 0.717) is 12.3 Å². The second kappa shape index (κ2) is 6.77. The Morgan fingerprint density at radius 2 is 2.00 bits per heavy atom. The molecule has 2 rings (SSSR count). The van der Waals surface area contributed by atoms with Crippen LogP contribution < -0.4 is 10.1 Å². The van der Waals surface area contributed by atoms with Crippen molar-refractivity contribution in [1.82, 2.24) is 9.62 Å². The second-order valence-corrected chi connectivity index (χ2v) is 7.44. The molecule has 1 aliphatic carbocycles. The topological polar surface area (TPSA) is 58.6 Å². The number of hydrogen-bond acceptors (Lipinski definition) is 4. The zero-order valence-electron chi connectivity index (χ0n) is 12.9. The average molecular weight is 312 g/mol. The highest BCUT2D eigenvalue weighted by Gasteiger charge is 2.32. The van der Waals surface area contributed by atoms with Crippen molar-refractivity contribution in [3.05, 3.63) is 23.8 Å². The summed E-state index contributed by atoms with van der Waals surface area (Å²) in [5, 5.41) is 3.04. The van der Waals surface area contributed by atoms with Crippen LogP contribution in [0.15, 0.2) is 23.1 Å². The van der Waals surface area contributed by atoms with Crippen LogP contribution in [0.3, 0.4) is 0 Å². The van der Waals surface area contributed by atoms with Crippen molar-refractivity contribution in [2.24, 2.45) is 0 Å². The van der Waals surface area contributed by atoms with Crippen LogP contribution in [0.1, 0.15) is 31.2 Å². The molecule has 0 aromatic heterocycles. The molecule has 1 saturated carbocycles. The normalized spacial score (nSPS) is 16.6. The molecule has 21 heavy (non-hydrogen) atoms. The number of rotatable bonds is 6. The van der Waals surface area contributed by atoms with Crippen LogP contribution in [0.25, 0.3) is 0 Å². The number of hydrogen-bond donors (Lipinski definition) is 1.